The van der Waals surface area contributed by atoms with Crippen molar-refractivity contribution < 1.29 is 9.90 Å². The van der Waals surface area contributed by atoms with Crippen LogP contribution in [0, 0.1) is 5.92 Å². The summed E-state index contributed by atoms with van der Waals surface area (Å²) in [6.07, 6.45) is 3.04. The first kappa shape index (κ1) is 14.1. The van der Waals surface area contributed by atoms with Gasteiger partial charge >= 0.3 is 0 Å². The first-order chi connectivity index (χ1) is 9.04. The van der Waals surface area contributed by atoms with Crippen molar-refractivity contribution in [3.63, 3.8) is 0 Å². The molecule has 0 aromatic heterocycles. The second-order valence-corrected chi connectivity index (χ2v) is 5.55. The van der Waals surface area contributed by atoms with Gasteiger partial charge in [-0.15, -0.1) is 0 Å². The molecule has 1 aliphatic rings. The normalized spacial score (nSPS) is 18.1. The summed E-state index contributed by atoms with van der Waals surface area (Å²) >= 11 is 0. The highest BCUT2D eigenvalue weighted by Gasteiger charge is 2.23. The number of aryl methyl sites for hydroxylation is 1. The molecule has 0 fully saturated rings. The third-order valence-corrected chi connectivity index (χ3v) is 4.07. The number of carbonyl (C=O) groups is 1. The van der Waals surface area contributed by atoms with Gasteiger partial charge in [-0.25, -0.2) is 0 Å². The van der Waals surface area contributed by atoms with Gasteiger partial charge in [0.2, 0.25) is 5.91 Å². The second kappa shape index (κ2) is 5.74. The Morgan fingerprint density at radius 1 is 1.37 bits per heavy atom. The number of aliphatic hydroxyl groups is 1. The molecule has 0 saturated heterocycles. The van der Waals surface area contributed by atoms with E-state index in [2.05, 4.69) is 19.9 Å². The number of benzene rings is 1. The molecule has 2 rings (SSSR count). The Labute approximate surface area is 115 Å². The van der Waals surface area contributed by atoms with Crippen LogP contribution in [0.2, 0.25) is 0 Å². The maximum atomic E-state index is 11.6. The van der Waals surface area contributed by atoms with E-state index < -0.39 is 6.10 Å². The van der Waals surface area contributed by atoms with Gasteiger partial charge in [0.05, 0.1) is 6.10 Å². The molecule has 1 aliphatic heterocycles. The summed E-state index contributed by atoms with van der Waals surface area (Å²) in [5.41, 5.74) is 3.13. The van der Waals surface area contributed by atoms with Crippen LogP contribution in [0.5, 0.6) is 0 Å². The summed E-state index contributed by atoms with van der Waals surface area (Å²) in [5.74, 6) is 0.436. The number of hydrogen-bond donors (Lipinski definition) is 1. The Balaban J connectivity index is 2.24. The summed E-state index contributed by atoms with van der Waals surface area (Å²) in [5, 5.41) is 10.4. The standard InChI is InChI=1S/C16H23NO2/c1-4-5-11(2)16(19)13-6-8-14-12(10-13)7-9-15(18)17(14)3/h6,8,10-11,16,19H,4-5,7,9H2,1-3H3. The molecular formula is C16H23NO2. The Bertz CT molecular complexity index is 470. The van der Waals surface area contributed by atoms with Crippen LogP contribution in [0.1, 0.15) is 50.3 Å². The van der Waals surface area contributed by atoms with Gasteiger partial charge in [-0.1, -0.05) is 32.4 Å². The summed E-state index contributed by atoms with van der Waals surface area (Å²) in [6, 6.07) is 5.98. The van der Waals surface area contributed by atoms with E-state index >= 15 is 0 Å². The molecule has 0 spiro atoms. The number of rotatable bonds is 4. The van der Waals surface area contributed by atoms with E-state index in [4.69, 9.17) is 0 Å². The lowest BCUT2D eigenvalue weighted by molar-refractivity contribution is -0.118. The third-order valence-electron chi connectivity index (χ3n) is 4.07. The third kappa shape index (κ3) is 2.81. The van der Waals surface area contributed by atoms with Gasteiger partial charge < -0.3 is 10.0 Å². The Morgan fingerprint density at radius 3 is 2.79 bits per heavy atom. The minimum Gasteiger partial charge on any atom is -0.388 e. The summed E-state index contributed by atoms with van der Waals surface area (Å²) < 4.78 is 0. The van der Waals surface area contributed by atoms with E-state index in [9.17, 15) is 9.90 Å². The summed E-state index contributed by atoms with van der Waals surface area (Å²) in [6.45, 7) is 4.22. The minimum atomic E-state index is -0.409. The first-order valence-corrected chi connectivity index (χ1v) is 7.12. The Morgan fingerprint density at radius 2 is 2.11 bits per heavy atom. The molecule has 1 heterocycles. The van der Waals surface area contributed by atoms with E-state index in [0.29, 0.717) is 6.42 Å². The number of nitrogens with zero attached hydrogens (tertiary/aromatic N) is 1. The molecule has 3 heteroatoms. The molecule has 2 unspecified atom stereocenters. The monoisotopic (exact) mass is 261 g/mol. The predicted molar refractivity (Wildman–Crippen MR) is 77.2 cm³/mol. The van der Waals surface area contributed by atoms with Gasteiger partial charge in [0, 0.05) is 19.2 Å². The van der Waals surface area contributed by atoms with Crippen molar-refractivity contribution in [1.82, 2.24) is 0 Å². The smallest absolute Gasteiger partial charge is 0.227 e. The van der Waals surface area contributed by atoms with Gasteiger partial charge in [0.15, 0.2) is 0 Å². The van der Waals surface area contributed by atoms with Crippen LogP contribution in [0.4, 0.5) is 5.69 Å². The summed E-state index contributed by atoms with van der Waals surface area (Å²) in [7, 11) is 1.82. The van der Waals surface area contributed by atoms with E-state index in [1.165, 1.54) is 5.56 Å². The van der Waals surface area contributed by atoms with Crippen molar-refractivity contribution in [3.8, 4) is 0 Å². The first-order valence-electron chi connectivity index (χ1n) is 7.12. The van der Waals surface area contributed by atoms with Gasteiger partial charge in [-0.3, -0.25) is 4.79 Å². The molecule has 104 valence electrons. The molecule has 3 nitrogen and oxygen atoms in total. The predicted octanol–water partition coefficient (Wildman–Crippen LogP) is 3.07. The van der Waals surface area contributed by atoms with Crippen LogP contribution in [0.25, 0.3) is 0 Å². The molecule has 1 N–H and O–H groups in total. The highest BCUT2D eigenvalue weighted by Crippen LogP contribution is 2.32. The number of aliphatic hydroxyl groups excluding tert-OH is 1. The number of hydrogen-bond acceptors (Lipinski definition) is 2. The van der Waals surface area contributed by atoms with Crippen molar-refractivity contribution in [3.05, 3.63) is 29.3 Å². The number of anilines is 1. The molecule has 0 bridgehead atoms. The van der Waals surface area contributed by atoms with Gasteiger partial charge in [-0.2, -0.15) is 0 Å². The molecule has 1 aromatic rings. The van der Waals surface area contributed by atoms with Crippen LogP contribution in [0.3, 0.4) is 0 Å². The topological polar surface area (TPSA) is 40.5 Å². The van der Waals surface area contributed by atoms with Crippen molar-refractivity contribution in [2.24, 2.45) is 5.92 Å². The van der Waals surface area contributed by atoms with Crippen LogP contribution < -0.4 is 4.90 Å². The van der Waals surface area contributed by atoms with Crippen LogP contribution >= 0.6 is 0 Å². The number of fused-ring (bicyclic) bond motifs is 1. The maximum Gasteiger partial charge on any atom is 0.227 e. The van der Waals surface area contributed by atoms with Crippen molar-refractivity contribution in [2.75, 3.05) is 11.9 Å². The zero-order valence-electron chi connectivity index (χ0n) is 12.0. The number of amides is 1. The van der Waals surface area contributed by atoms with Gasteiger partial charge in [0.1, 0.15) is 0 Å². The Hall–Kier alpha value is -1.35. The van der Waals surface area contributed by atoms with Crippen molar-refractivity contribution >= 4 is 11.6 Å². The molecule has 0 aliphatic carbocycles. The molecule has 1 amide bonds. The lowest BCUT2D eigenvalue weighted by Crippen LogP contribution is -2.31. The van der Waals surface area contributed by atoms with Crippen molar-refractivity contribution in [1.29, 1.82) is 0 Å². The SMILES string of the molecule is CCCC(C)C(O)c1ccc2c(c1)CCC(=O)N2C. The average Bonchev–Trinajstić information content (AvgIpc) is 2.42. The van der Waals surface area contributed by atoms with Gasteiger partial charge in [0.25, 0.3) is 0 Å². The summed E-state index contributed by atoms with van der Waals surface area (Å²) in [4.78, 5) is 13.4. The van der Waals surface area contributed by atoms with E-state index in [1.807, 2.05) is 19.2 Å². The second-order valence-electron chi connectivity index (χ2n) is 5.55. The zero-order chi connectivity index (χ0) is 14.0. The van der Waals surface area contributed by atoms with Crippen LogP contribution in [-0.4, -0.2) is 18.1 Å². The maximum absolute atomic E-state index is 11.6. The molecule has 0 saturated carbocycles. The van der Waals surface area contributed by atoms with Gasteiger partial charge in [-0.05, 0) is 36.0 Å². The van der Waals surface area contributed by atoms with Crippen molar-refractivity contribution in [2.45, 2.75) is 45.6 Å². The minimum absolute atomic E-state index is 0.167. The van der Waals surface area contributed by atoms with Crippen LogP contribution in [0.15, 0.2) is 18.2 Å². The van der Waals surface area contributed by atoms with E-state index in [-0.39, 0.29) is 11.8 Å². The fourth-order valence-corrected chi connectivity index (χ4v) is 2.80. The number of carbonyl (C=O) groups excluding carboxylic acids is 1. The molecule has 2 atom stereocenters. The van der Waals surface area contributed by atoms with E-state index in [1.54, 1.807) is 4.90 Å². The largest absolute Gasteiger partial charge is 0.388 e. The fraction of sp³-hybridized carbons (Fsp3) is 0.562. The lowest BCUT2D eigenvalue weighted by Gasteiger charge is -2.27. The quantitative estimate of drug-likeness (QED) is 0.905. The Kier molecular flexibility index (Phi) is 4.25. The molecule has 1 aromatic carbocycles. The average molecular weight is 261 g/mol. The molecular weight excluding hydrogens is 238 g/mol. The van der Waals surface area contributed by atoms with Crippen LogP contribution in [-0.2, 0) is 11.2 Å². The zero-order valence-corrected chi connectivity index (χ0v) is 12.0. The highest BCUT2D eigenvalue weighted by atomic mass is 16.3. The molecule has 0 radical (unpaired) electrons. The molecule has 19 heavy (non-hydrogen) atoms. The highest BCUT2D eigenvalue weighted by molar-refractivity contribution is 5.95. The lowest BCUT2D eigenvalue weighted by atomic mass is 9.90. The van der Waals surface area contributed by atoms with E-state index in [0.717, 1.165) is 30.5 Å². The fourth-order valence-electron chi connectivity index (χ4n) is 2.80.